The number of carbonyl (C=O) groups is 2. The third-order valence-corrected chi connectivity index (χ3v) is 3.40. The van der Waals surface area contributed by atoms with Crippen LogP contribution in [-0.2, 0) is 0 Å². The average Bonchev–Trinajstić information content (AvgIpc) is 2.65. The molecule has 2 amide bonds. The van der Waals surface area contributed by atoms with Crippen LogP contribution in [0.15, 0.2) is 58.0 Å². The van der Waals surface area contributed by atoms with E-state index in [1.165, 1.54) is 42.7 Å². The Hall–Kier alpha value is -4.08. The van der Waals surface area contributed by atoms with Gasteiger partial charge in [0.25, 0.3) is 17.5 Å². The van der Waals surface area contributed by atoms with Crippen molar-refractivity contribution < 1.29 is 18.9 Å². The largest absolute Gasteiger partial charge is 0.422 e. The molecule has 0 bridgehead atoms. The lowest BCUT2D eigenvalue weighted by atomic mass is 10.1. The highest BCUT2D eigenvalue weighted by atomic mass is 16.6. The molecule has 26 heavy (non-hydrogen) atoms. The Morgan fingerprint density at radius 1 is 1.04 bits per heavy atom. The Bertz CT molecular complexity index is 1080. The standard InChI is InChI=1S/C16H10N4O6/c21-14(9-3-5-17-6-4-9)18-19-15(22)12-8-10-7-11(20(24)25)1-2-13(10)26-16(12)23/h1-8H,(H,18,21)(H,19,22). The molecule has 10 nitrogen and oxygen atoms in total. The number of non-ortho nitro benzene ring substituents is 1. The molecule has 10 heteroatoms. The van der Waals surface area contributed by atoms with Gasteiger partial charge in [0.15, 0.2) is 0 Å². The van der Waals surface area contributed by atoms with Crippen LogP contribution in [0, 0.1) is 10.1 Å². The average molecular weight is 354 g/mol. The Morgan fingerprint density at radius 3 is 2.42 bits per heavy atom. The summed E-state index contributed by atoms with van der Waals surface area (Å²) in [5.41, 5.74) is 3.01. The van der Waals surface area contributed by atoms with Crippen molar-refractivity contribution in [1.29, 1.82) is 0 Å². The van der Waals surface area contributed by atoms with Gasteiger partial charge in [-0.15, -0.1) is 0 Å². The first-order valence-electron chi connectivity index (χ1n) is 7.19. The summed E-state index contributed by atoms with van der Waals surface area (Å²) in [5, 5.41) is 11.0. The molecule has 0 saturated heterocycles. The minimum absolute atomic E-state index is 0.0953. The number of amides is 2. The summed E-state index contributed by atoms with van der Waals surface area (Å²) < 4.78 is 4.98. The van der Waals surface area contributed by atoms with Gasteiger partial charge in [-0.05, 0) is 24.3 Å². The number of fused-ring (bicyclic) bond motifs is 1. The molecule has 0 atom stereocenters. The van der Waals surface area contributed by atoms with Crippen LogP contribution in [0.2, 0.25) is 0 Å². The zero-order valence-corrected chi connectivity index (χ0v) is 13.0. The lowest BCUT2D eigenvalue weighted by Gasteiger charge is -2.07. The van der Waals surface area contributed by atoms with E-state index in [1.807, 2.05) is 0 Å². The number of carbonyl (C=O) groups excluding carboxylic acids is 2. The first-order chi connectivity index (χ1) is 12.5. The number of nitrogens with zero attached hydrogens (tertiary/aromatic N) is 2. The van der Waals surface area contributed by atoms with Crippen molar-refractivity contribution in [3.8, 4) is 0 Å². The maximum Gasteiger partial charge on any atom is 0.349 e. The van der Waals surface area contributed by atoms with E-state index in [4.69, 9.17) is 4.42 Å². The van der Waals surface area contributed by atoms with Gasteiger partial charge in [0.1, 0.15) is 11.1 Å². The number of benzene rings is 1. The second-order valence-corrected chi connectivity index (χ2v) is 5.07. The summed E-state index contributed by atoms with van der Waals surface area (Å²) in [6, 6.07) is 7.64. The molecule has 130 valence electrons. The number of hydrogen-bond donors (Lipinski definition) is 2. The maximum absolute atomic E-state index is 12.1. The van der Waals surface area contributed by atoms with Gasteiger partial charge in [0.05, 0.1) is 4.92 Å². The number of rotatable bonds is 3. The van der Waals surface area contributed by atoms with E-state index in [-0.39, 0.29) is 22.2 Å². The predicted molar refractivity (Wildman–Crippen MR) is 88.3 cm³/mol. The summed E-state index contributed by atoms with van der Waals surface area (Å²) in [6.07, 6.45) is 2.81. The third-order valence-electron chi connectivity index (χ3n) is 3.40. The summed E-state index contributed by atoms with van der Waals surface area (Å²) in [5.74, 6) is -1.53. The molecule has 0 unspecified atom stereocenters. The zero-order chi connectivity index (χ0) is 18.7. The number of pyridine rings is 1. The molecule has 3 aromatic rings. The van der Waals surface area contributed by atoms with Crippen molar-refractivity contribution in [3.63, 3.8) is 0 Å². The number of hydrazine groups is 1. The molecule has 1 aromatic carbocycles. The Balaban J connectivity index is 1.83. The number of nitrogens with one attached hydrogen (secondary N) is 2. The van der Waals surface area contributed by atoms with Crippen LogP contribution in [0.4, 0.5) is 5.69 Å². The van der Waals surface area contributed by atoms with Gasteiger partial charge >= 0.3 is 5.63 Å². The molecule has 0 fully saturated rings. The van der Waals surface area contributed by atoms with Crippen molar-refractivity contribution in [2.45, 2.75) is 0 Å². The monoisotopic (exact) mass is 354 g/mol. The summed E-state index contributed by atoms with van der Waals surface area (Å²) in [4.78, 5) is 49.9. The molecule has 0 aliphatic rings. The Kier molecular flexibility index (Phi) is 4.39. The summed E-state index contributed by atoms with van der Waals surface area (Å²) in [6.45, 7) is 0. The topological polar surface area (TPSA) is 144 Å². The first kappa shape index (κ1) is 16.8. The fraction of sp³-hybridized carbons (Fsp3) is 0. The van der Waals surface area contributed by atoms with Crippen molar-refractivity contribution in [3.05, 3.63) is 80.5 Å². The molecule has 2 aromatic heterocycles. The molecular weight excluding hydrogens is 344 g/mol. The van der Waals surface area contributed by atoms with E-state index in [1.54, 1.807) is 0 Å². The lowest BCUT2D eigenvalue weighted by Crippen LogP contribution is -2.43. The molecule has 3 rings (SSSR count). The molecule has 2 N–H and O–H groups in total. The number of aromatic nitrogens is 1. The highest BCUT2D eigenvalue weighted by Crippen LogP contribution is 2.20. The van der Waals surface area contributed by atoms with Crippen molar-refractivity contribution in [1.82, 2.24) is 15.8 Å². The maximum atomic E-state index is 12.1. The van der Waals surface area contributed by atoms with Gasteiger partial charge < -0.3 is 4.42 Å². The fourth-order valence-corrected chi connectivity index (χ4v) is 2.14. The molecule has 0 aliphatic carbocycles. The van der Waals surface area contributed by atoms with E-state index in [2.05, 4.69) is 15.8 Å². The number of hydrogen-bond acceptors (Lipinski definition) is 7. The second kappa shape index (κ2) is 6.81. The summed E-state index contributed by atoms with van der Waals surface area (Å²) in [7, 11) is 0. The van der Waals surface area contributed by atoms with Crippen LogP contribution in [0.5, 0.6) is 0 Å². The molecule has 0 spiro atoms. The Labute approximate surface area is 144 Å². The van der Waals surface area contributed by atoms with E-state index in [0.717, 1.165) is 6.07 Å². The van der Waals surface area contributed by atoms with Gasteiger partial charge in [-0.25, -0.2) is 4.79 Å². The normalized spacial score (nSPS) is 10.3. The summed E-state index contributed by atoms with van der Waals surface area (Å²) >= 11 is 0. The van der Waals surface area contributed by atoms with E-state index < -0.39 is 27.9 Å². The van der Waals surface area contributed by atoms with Crippen molar-refractivity contribution >= 4 is 28.5 Å². The van der Waals surface area contributed by atoms with Crippen LogP contribution in [-0.4, -0.2) is 21.7 Å². The predicted octanol–water partition coefficient (Wildman–Crippen LogP) is 1.17. The van der Waals surface area contributed by atoms with Crippen molar-refractivity contribution in [2.24, 2.45) is 0 Å². The van der Waals surface area contributed by atoms with Crippen molar-refractivity contribution in [2.75, 3.05) is 0 Å². The lowest BCUT2D eigenvalue weighted by molar-refractivity contribution is -0.384. The zero-order valence-electron chi connectivity index (χ0n) is 13.0. The molecule has 0 saturated carbocycles. The van der Waals surface area contributed by atoms with E-state index >= 15 is 0 Å². The molecule has 0 radical (unpaired) electrons. The molecule has 0 aliphatic heterocycles. The van der Waals surface area contributed by atoms with E-state index in [9.17, 15) is 24.5 Å². The number of nitro benzene ring substituents is 1. The minimum Gasteiger partial charge on any atom is -0.422 e. The smallest absolute Gasteiger partial charge is 0.349 e. The first-order valence-corrected chi connectivity index (χ1v) is 7.19. The van der Waals surface area contributed by atoms with E-state index in [0.29, 0.717) is 0 Å². The van der Waals surface area contributed by atoms with Crippen LogP contribution < -0.4 is 16.5 Å². The fourth-order valence-electron chi connectivity index (χ4n) is 2.14. The number of nitro groups is 1. The highest BCUT2D eigenvalue weighted by Gasteiger charge is 2.16. The van der Waals surface area contributed by atoms with Crippen LogP contribution in [0.3, 0.4) is 0 Å². The van der Waals surface area contributed by atoms with Crippen LogP contribution in [0.25, 0.3) is 11.0 Å². The van der Waals surface area contributed by atoms with Gasteiger partial charge in [0.2, 0.25) is 0 Å². The third kappa shape index (κ3) is 3.38. The van der Waals surface area contributed by atoms with Crippen LogP contribution >= 0.6 is 0 Å². The Morgan fingerprint density at radius 2 is 1.73 bits per heavy atom. The second-order valence-electron chi connectivity index (χ2n) is 5.07. The quantitative estimate of drug-likeness (QED) is 0.408. The van der Waals surface area contributed by atoms with Crippen LogP contribution in [0.1, 0.15) is 20.7 Å². The SMILES string of the molecule is O=C(NNC(=O)c1cc2cc([N+](=O)[O-])ccc2oc1=O)c1ccncc1. The minimum atomic E-state index is -0.943. The van der Waals surface area contributed by atoms with Gasteiger partial charge in [-0.1, -0.05) is 0 Å². The molecule has 2 heterocycles. The van der Waals surface area contributed by atoms with Gasteiger partial charge in [-0.3, -0.25) is 35.5 Å². The molecular formula is C16H10N4O6. The highest BCUT2D eigenvalue weighted by molar-refractivity contribution is 6.00. The van der Waals surface area contributed by atoms with Gasteiger partial charge in [0, 0.05) is 35.5 Å². The van der Waals surface area contributed by atoms with Gasteiger partial charge in [-0.2, -0.15) is 0 Å².